The van der Waals surface area contributed by atoms with Gasteiger partial charge in [-0.25, -0.2) is 0 Å². The zero-order valence-electron chi connectivity index (χ0n) is 15.1. The van der Waals surface area contributed by atoms with Gasteiger partial charge in [0.15, 0.2) is 0 Å². The molecular weight excluding hydrogens is 312 g/mol. The van der Waals surface area contributed by atoms with E-state index in [-0.39, 0.29) is 19.1 Å². The lowest BCUT2D eigenvalue weighted by Crippen LogP contribution is -2.34. The number of nitrogens with one attached hydrogen (secondary N) is 1. The smallest absolute Gasteiger partial charge is 0.238 e. The Hall–Kier alpha value is -2.17. The second-order valence-electron chi connectivity index (χ2n) is 6.40. The minimum Gasteiger partial charge on any atom is -0.395 e. The van der Waals surface area contributed by atoms with Crippen molar-refractivity contribution in [1.82, 2.24) is 4.90 Å². The predicted octanol–water partition coefficient (Wildman–Crippen LogP) is 3.63. The first-order chi connectivity index (χ1) is 12.1. The Balaban J connectivity index is 1.92. The van der Waals surface area contributed by atoms with Crippen LogP contribution < -0.4 is 5.32 Å². The Morgan fingerprint density at radius 2 is 1.80 bits per heavy atom. The largest absolute Gasteiger partial charge is 0.395 e. The molecule has 2 N–H and O–H groups in total. The zero-order valence-corrected chi connectivity index (χ0v) is 15.1. The van der Waals surface area contributed by atoms with Gasteiger partial charge in [0.05, 0.1) is 13.2 Å². The number of anilines is 1. The molecular formula is C21H28N2O2. The van der Waals surface area contributed by atoms with E-state index in [1.165, 1.54) is 5.56 Å². The van der Waals surface area contributed by atoms with E-state index in [1.807, 2.05) is 47.4 Å². The molecule has 1 unspecified atom stereocenters. The first kappa shape index (κ1) is 19.2. The molecule has 2 aromatic rings. The summed E-state index contributed by atoms with van der Waals surface area (Å²) in [5.74, 6) is 0.455. The summed E-state index contributed by atoms with van der Waals surface area (Å²) in [5.41, 5.74) is 3.22. The molecule has 0 aromatic heterocycles. The van der Waals surface area contributed by atoms with E-state index < -0.39 is 0 Å². The van der Waals surface area contributed by atoms with Gasteiger partial charge in [-0.3, -0.25) is 9.69 Å². The molecule has 0 saturated heterocycles. The lowest BCUT2D eigenvalue weighted by atomic mass is 9.99. The zero-order chi connectivity index (χ0) is 18.1. The van der Waals surface area contributed by atoms with Crippen LogP contribution in [0, 0.1) is 0 Å². The Bertz CT molecular complexity index is 641. The van der Waals surface area contributed by atoms with Gasteiger partial charge < -0.3 is 10.4 Å². The molecule has 0 aliphatic heterocycles. The van der Waals surface area contributed by atoms with E-state index in [2.05, 4.69) is 31.3 Å². The van der Waals surface area contributed by atoms with Gasteiger partial charge in [-0.2, -0.15) is 0 Å². The lowest BCUT2D eigenvalue weighted by molar-refractivity contribution is -0.117. The fourth-order valence-corrected chi connectivity index (χ4v) is 2.73. The van der Waals surface area contributed by atoms with Gasteiger partial charge in [-0.1, -0.05) is 56.3 Å². The number of benzene rings is 2. The van der Waals surface area contributed by atoms with Gasteiger partial charge >= 0.3 is 0 Å². The van der Waals surface area contributed by atoms with Gasteiger partial charge in [-0.05, 0) is 35.6 Å². The molecule has 0 bridgehead atoms. The molecule has 2 rings (SSSR count). The third kappa shape index (κ3) is 6.33. The quantitative estimate of drug-likeness (QED) is 0.733. The highest BCUT2D eigenvalue weighted by molar-refractivity contribution is 5.92. The molecule has 1 atom stereocenters. The number of carbonyl (C=O) groups is 1. The van der Waals surface area contributed by atoms with Crippen molar-refractivity contribution in [2.75, 3.05) is 25.0 Å². The Labute approximate surface area is 150 Å². The minimum atomic E-state index is -0.0688. The van der Waals surface area contributed by atoms with Crippen LogP contribution in [-0.4, -0.2) is 35.6 Å². The van der Waals surface area contributed by atoms with E-state index in [1.54, 1.807) is 0 Å². The van der Waals surface area contributed by atoms with E-state index in [4.69, 9.17) is 0 Å². The monoisotopic (exact) mass is 340 g/mol. The van der Waals surface area contributed by atoms with Crippen molar-refractivity contribution in [1.29, 1.82) is 0 Å². The number of amides is 1. The fourth-order valence-electron chi connectivity index (χ4n) is 2.73. The summed E-state index contributed by atoms with van der Waals surface area (Å²) < 4.78 is 0. The third-order valence-corrected chi connectivity index (χ3v) is 4.41. The Morgan fingerprint density at radius 3 is 2.40 bits per heavy atom. The van der Waals surface area contributed by atoms with Crippen molar-refractivity contribution >= 4 is 11.6 Å². The highest BCUT2D eigenvalue weighted by Gasteiger charge is 2.11. The molecule has 0 aliphatic carbocycles. The van der Waals surface area contributed by atoms with Crippen molar-refractivity contribution in [2.45, 2.75) is 32.7 Å². The van der Waals surface area contributed by atoms with Gasteiger partial charge in [0.25, 0.3) is 0 Å². The molecule has 134 valence electrons. The summed E-state index contributed by atoms with van der Waals surface area (Å²) in [5, 5.41) is 12.2. The minimum absolute atomic E-state index is 0.0315. The van der Waals surface area contributed by atoms with Crippen LogP contribution in [0.25, 0.3) is 0 Å². The van der Waals surface area contributed by atoms with Gasteiger partial charge in [0, 0.05) is 18.8 Å². The van der Waals surface area contributed by atoms with Crippen LogP contribution in [-0.2, 0) is 11.3 Å². The summed E-state index contributed by atoms with van der Waals surface area (Å²) in [4.78, 5) is 14.3. The van der Waals surface area contributed by atoms with Crippen LogP contribution in [0.2, 0.25) is 0 Å². The molecule has 2 aromatic carbocycles. The number of carbonyl (C=O) groups excluding carboxylic acids is 1. The second-order valence-corrected chi connectivity index (χ2v) is 6.40. The van der Waals surface area contributed by atoms with E-state index >= 15 is 0 Å². The highest BCUT2D eigenvalue weighted by Crippen LogP contribution is 2.20. The number of rotatable bonds is 9. The SMILES string of the molecule is CCC(C)c1ccc(NC(=O)CN(CCO)Cc2ccccc2)cc1. The number of hydrogen-bond acceptors (Lipinski definition) is 3. The third-order valence-electron chi connectivity index (χ3n) is 4.41. The summed E-state index contributed by atoms with van der Waals surface area (Å²) in [6.07, 6.45) is 1.10. The number of hydrogen-bond donors (Lipinski definition) is 2. The van der Waals surface area contributed by atoms with Crippen LogP contribution in [0.4, 0.5) is 5.69 Å². The number of aliphatic hydroxyl groups excluding tert-OH is 1. The maximum atomic E-state index is 12.3. The standard InChI is InChI=1S/C21H28N2O2/c1-3-17(2)19-9-11-20(12-10-19)22-21(25)16-23(13-14-24)15-18-7-5-4-6-8-18/h4-12,17,24H,3,13-16H2,1-2H3,(H,22,25). The van der Waals surface area contributed by atoms with E-state index in [0.29, 0.717) is 19.0 Å². The molecule has 0 heterocycles. The normalized spacial score (nSPS) is 12.2. The van der Waals surface area contributed by atoms with Crippen molar-refractivity contribution in [3.63, 3.8) is 0 Å². The van der Waals surface area contributed by atoms with E-state index in [9.17, 15) is 9.90 Å². The van der Waals surface area contributed by atoms with Crippen LogP contribution >= 0.6 is 0 Å². The maximum Gasteiger partial charge on any atom is 0.238 e. The number of nitrogens with zero attached hydrogens (tertiary/aromatic N) is 1. The van der Waals surface area contributed by atoms with Crippen molar-refractivity contribution in [3.8, 4) is 0 Å². The fraction of sp³-hybridized carbons (Fsp3) is 0.381. The van der Waals surface area contributed by atoms with Crippen molar-refractivity contribution in [3.05, 3.63) is 65.7 Å². The van der Waals surface area contributed by atoms with Gasteiger partial charge in [0.2, 0.25) is 5.91 Å². The Morgan fingerprint density at radius 1 is 1.12 bits per heavy atom. The topological polar surface area (TPSA) is 52.6 Å². The van der Waals surface area contributed by atoms with Crippen molar-refractivity contribution in [2.24, 2.45) is 0 Å². The molecule has 0 spiro atoms. The number of aliphatic hydroxyl groups is 1. The molecule has 4 nitrogen and oxygen atoms in total. The second kappa shape index (κ2) is 9.97. The first-order valence-electron chi connectivity index (χ1n) is 8.89. The Kier molecular flexibility index (Phi) is 7.64. The summed E-state index contributed by atoms with van der Waals surface area (Å²) in [7, 11) is 0. The molecule has 0 aliphatic rings. The summed E-state index contributed by atoms with van der Waals surface area (Å²) >= 11 is 0. The van der Waals surface area contributed by atoms with Crippen LogP contribution in [0.1, 0.15) is 37.3 Å². The first-order valence-corrected chi connectivity index (χ1v) is 8.89. The average molecular weight is 340 g/mol. The van der Waals surface area contributed by atoms with Gasteiger partial charge in [-0.15, -0.1) is 0 Å². The predicted molar refractivity (Wildman–Crippen MR) is 103 cm³/mol. The van der Waals surface area contributed by atoms with Crippen LogP contribution in [0.5, 0.6) is 0 Å². The summed E-state index contributed by atoms with van der Waals surface area (Å²) in [6, 6.07) is 18.0. The molecule has 0 saturated carbocycles. The lowest BCUT2D eigenvalue weighted by Gasteiger charge is -2.21. The summed E-state index contributed by atoms with van der Waals surface area (Å²) in [6.45, 7) is 5.76. The molecule has 4 heteroatoms. The highest BCUT2D eigenvalue weighted by atomic mass is 16.3. The van der Waals surface area contributed by atoms with Crippen LogP contribution in [0.15, 0.2) is 54.6 Å². The van der Waals surface area contributed by atoms with Crippen molar-refractivity contribution < 1.29 is 9.90 Å². The maximum absolute atomic E-state index is 12.3. The van der Waals surface area contributed by atoms with E-state index in [0.717, 1.165) is 17.7 Å². The molecule has 0 radical (unpaired) electrons. The molecule has 1 amide bonds. The van der Waals surface area contributed by atoms with Crippen LogP contribution in [0.3, 0.4) is 0 Å². The van der Waals surface area contributed by atoms with Gasteiger partial charge in [0.1, 0.15) is 0 Å². The molecule has 25 heavy (non-hydrogen) atoms. The average Bonchev–Trinajstić information content (AvgIpc) is 2.62. The molecule has 0 fully saturated rings.